The summed E-state index contributed by atoms with van der Waals surface area (Å²) < 4.78 is 5.32. The third-order valence-corrected chi connectivity index (χ3v) is 4.64. The summed E-state index contributed by atoms with van der Waals surface area (Å²) in [7, 11) is 0. The first-order chi connectivity index (χ1) is 14.3. The van der Waals surface area contributed by atoms with Gasteiger partial charge in [0.15, 0.2) is 0 Å². The maximum Gasteiger partial charge on any atom is 0.330 e. The number of ether oxygens (including phenoxy) is 1. The van der Waals surface area contributed by atoms with Gasteiger partial charge in [-0.25, -0.2) is 4.79 Å². The second kappa shape index (κ2) is 11.8. The van der Waals surface area contributed by atoms with Crippen molar-refractivity contribution in [2.45, 2.75) is 47.0 Å². The van der Waals surface area contributed by atoms with E-state index < -0.39 is 0 Å². The van der Waals surface area contributed by atoms with Gasteiger partial charge in [-0.2, -0.15) is 0 Å². The van der Waals surface area contributed by atoms with Crippen LogP contribution in [0.15, 0.2) is 71.8 Å². The number of benzene rings is 2. The van der Waals surface area contributed by atoms with E-state index in [1.165, 1.54) is 17.2 Å². The molecule has 2 aromatic carbocycles. The molecular formula is C27H32O3. The summed E-state index contributed by atoms with van der Waals surface area (Å²) in [6.07, 6.45) is 9.38. The van der Waals surface area contributed by atoms with Crippen LogP contribution in [0.1, 0.15) is 49.9 Å². The van der Waals surface area contributed by atoms with Crippen molar-refractivity contribution in [3.8, 4) is 5.75 Å². The molecule has 0 heterocycles. The average Bonchev–Trinajstić information content (AvgIpc) is 2.71. The molecule has 0 aliphatic carbocycles. The molecule has 0 amide bonds. The molecule has 2 aromatic rings. The van der Waals surface area contributed by atoms with Crippen LogP contribution in [0.4, 0.5) is 0 Å². The van der Waals surface area contributed by atoms with E-state index in [-0.39, 0.29) is 5.97 Å². The molecule has 0 aromatic heterocycles. The number of phenolic OH excluding ortho intramolecular Hbond substituents is 1. The summed E-state index contributed by atoms with van der Waals surface area (Å²) in [4.78, 5) is 12.1. The highest BCUT2D eigenvalue weighted by molar-refractivity contribution is 5.87. The topological polar surface area (TPSA) is 46.5 Å². The summed E-state index contributed by atoms with van der Waals surface area (Å²) in [5, 5.41) is 10.7. The molecule has 30 heavy (non-hydrogen) atoms. The van der Waals surface area contributed by atoms with E-state index in [1.54, 1.807) is 6.08 Å². The molecule has 1 N–H and O–H groups in total. The minimum atomic E-state index is -0.365. The van der Waals surface area contributed by atoms with E-state index in [9.17, 15) is 9.90 Å². The molecule has 0 saturated carbocycles. The number of phenols is 1. The average molecular weight is 405 g/mol. The monoisotopic (exact) mass is 404 g/mol. The zero-order valence-corrected chi connectivity index (χ0v) is 18.4. The van der Waals surface area contributed by atoms with Gasteiger partial charge in [-0.3, -0.25) is 0 Å². The molecule has 0 fully saturated rings. The van der Waals surface area contributed by atoms with Crippen LogP contribution in [-0.4, -0.2) is 17.7 Å². The van der Waals surface area contributed by atoms with Crippen LogP contribution >= 0.6 is 0 Å². The number of esters is 1. The van der Waals surface area contributed by atoms with Gasteiger partial charge in [-0.1, -0.05) is 53.6 Å². The van der Waals surface area contributed by atoms with Crippen LogP contribution in [0, 0.1) is 0 Å². The highest BCUT2D eigenvalue weighted by Gasteiger charge is 2.08. The smallest absolute Gasteiger partial charge is 0.330 e. The molecule has 0 aliphatic heterocycles. The number of rotatable bonds is 9. The summed E-state index contributed by atoms with van der Waals surface area (Å²) in [6.45, 7) is 8.50. The van der Waals surface area contributed by atoms with Crippen LogP contribution in [-0.2, 0) is 28.8 Å². The Morgan fingerprint density at radius 2 is 1.50 bits per heavy atom. The van der Waals surface area contributed by atoms with Crippen molar-refractivity contribution in [1.82, 2.24) is 0 Å². The van der Waals surface area contributed by atoms with E-state index in [4.69, 9.17) is 4.74 Å². The van der Waals surface area contributed by atoms with Gasteiger partial charge < -0.3 is 9.84 Å². The molecular weight excluding hydrogens is 372 g/mol. The molecule has 0 radical (unpaired) electrons. The van der Waals surface area contributed by atoms with Gasteiger partial charge >= 0.3 is 5.97 Å². The van der Waals surface area contributed by atoms with Crippen molar-refractivity contribution in [3.05, 3.63) is 94.1 Å². The molecule has 0 spiro atoms. The van der Waals surface area contributed by atoms with E-state index in [1.807, 2.05) is 70.2 Å². The first-order valence-corrected chi connectivity index (χ1v) is 10.4. The van der Waals surface area contributed by atoms with Gasteiger partial charge in [0.1, 0.15) is 5.75 Å². The summed E-state index contributed by atoms with van der Waals surface area (Å²) in [5.41, 5.74) is 6.12. The van der Waals surface area contributed by atoms with Crippen molar-refractivity contribution >= 4 is 12.0 Å². The number of hydrogen-bond acceptors (Lipinski definition) is 3. The SMILES string of the molecule is CC(C)=CCc1cc(/C=C/C(=O)OCCc2ccccc2)cc(CC=C(C)C)c1O. The molecule has 3 nitrogen and oxygen atoms in total. The van der Waals surface area contributed by atoms with Gasteiger partial charge in [-0.05, 0) is 81.0 Å². The molecule has 2 rings (SSSR count). The van der Waals surface area contributed by atoms with Gasteiger partial charge in [0, 0.05) is 12.5 Å². The van der Waals surface area contributed by atoms with Gasteiger partial charge in [0.2, 0.25) is 0 Å². The summed E-state index contributed by atoms with van der Waals surface area (Å²) >= 11 is 0. The zero-order valence-electron chi connectivity index (χ0n) is 18.4. The number of carbonyl (C=O) groups excluding carboxylic acids is 1. The van der Waals surface area contributed by atoms with Crippen molar-refractivity contribution < 1.29 is 14.6 Å². The maximum atomic E-state index is 12.1. The fourth-order valence-corrected chi connectivity index (χ4v) is 2.95. The normalized spacial score (nSPS) is 10.7. The predicted octanol–water partition coefficient (Wildman–Crippen LogP) is 6.21. The Morgan fingerprint density at radius 3 is 2.03 bits per heavy atom. The molecule has 0 atom stereocenters. The Kier molecular flexibility index (Phi) is 9.14. The van der Waals surface area contributed by atoms with Crippen molar-refractivity contribution in [2.75, 3.05) is 6.61 Å². The van der Waals surface area contributed by atoms with E-state index in [0.717, 1.165) is 22.3 Å². The quantitative estimate of drug-likeness (QED) is 0.307. The highest BCUT2D eigenvalue weighted by atomic mass is 16.5. The first-order valence-electron chi connectivity index (χ1n) is 10.4. The standard InChI is InChI=1S/C27H32O3/c1-20(2)10-13-24-18-23(19-25(27(24)29)14-11-21(3)4)12-15-26(28)30-17-16-22-8-6-5-7-9-22/h5-12,15,18-19,29H,13-14,16-17H2,1-4H3/b15-12+. The summed E-state index contributed by atoms with van der Waals surface area (Å²) in [5.74, 6) is -0.0386. The Balaban J connectivity index is 2.10. The fraction of sp³-hybridized carbons (Fsp3) is 0.296. The lowest BCUT2D eigenvalue weighted by atomic mass is 9.98. The minimum absolute atomic E-state index is 0.326. The van der Waals surface area contributed by atoms with Crippen LogP contribution in [0.2, 0.25) is 0 Å². The van der Waals surface area contributed by atoms with Gasteiger partial charge in [0.05, 0.1) is 6.61 Å². The Hall–Kier alpha value is -3.07. The molecule has 0 unspecified atom stereocenters. The Bertz CT molecular complexity index is 885. The predicted molar refractivity (Wildman–Crippen MR) is 125 cm³/mol. The van der Waals surface area contributed by atoms with Crippen molar-refractivity contribution in [2.24, 2.45) is 0 Å². The minimum Gasteiger partial charge on any atom is -0.507 e. The molecule has 0 saturated heterocycles. The van der Waals surface area contributed by atoms with Crippen molar-refractivity contribution in [3.63, 3.8) is 0 Å². The van der Waals surface area contributed by atoms with Crippen LogP contribution < -0.4 is 0 Å². The van der Waals surface area contributed by atoms with Crippen LogP contribution in [0.5, 0.6) is 5.75 Å². The zero-order chi connectivity index (χ0) is 21.9. The lowest BCUT2D eigenvalue weighted by Gasteiger charge is -2.10. The first kappa shape index (κ1) is 23.2. The number of hydrogen-bond donors (Lipinski definition) is 1. The molecule has 3 heteroatoms. The third kappa shape index (κ3) is 8.12. The Morgan fingerprint density at radius 1 is 0.933 bits per heavy atom. The largest absolute Gasteiger partial charge is 0.507 e. The number of carbonyl (C=O) groups is 1. The third-order valence-electron chi connectivity index (χ3n) is 4.64. The van der Waals surface area contributed by atoms with Crippen LogP contribution in [0.3, 0.4) is 0 Å². The Labute approximate surface area is 180 Å². The lowest BCUT2D eigenvalue weighted by Crippen LogP contribution is -2.04. The second-order valence-corrected chi connectivity index (χ2v) is 7.90. The molecule has 0 bridgehead atoms. The molecule has 0 aliphatic rings. The summed E-state index contributed by atoms with van der Waals surface area (Å²) in [6, 6.07) is 13.8. The van der Waals surface area contributed by atoms with Gasteiger partial charge in [0.25, 0.3) is 0 Å². The van der Waals surface area contributed by atoms with Crippen LogP contribution in [0.25, 0.3) is 6.08 Å². The number of allylic oxidation sites excluding steroid dienone is 4. The number of aromatic hydroxyl groups is 1. The fourth-order valence-electron chi connectivity index (χ4n) is 2.95. The van der Waals surface area contributed by atoms with Crippen molar-refractivity contribution in [1.29, 1.82) is 0 Å². The van der Waals surface area contributed by atoms with E-state index in [0.29, 0.717) is 31.6 Å². The van der Waals surface area contributed by atoms with E-state index in [2.05, 4.69) is 12.2 Å². The maximum absolute atomic E-state index is 12.1. The molecule has 158 valence electrons. The van der Waals surface area contributed by atoms with Gasteiger partial charge in [-0.15, -0.1) is 0 Å². The lowest BCUT2D eigenvalue weighted by molar-refractivity contribution is -0.137. The second-order valence-electron chi connectivity index (χ2n) is 7.90. The van der Waals surface area contributed by atoms with E-state index >= 15 is 0 Å². The highest BCUT2D eigenvalue weighted by Crippen LogP contribution is 2.27.